The number of nitrogens with zero attached hydrogens (tertiary/aromatic N) is 2. The number of fused-ring (bicyclic) bond motifs is 2. The van der Waals surface area contributed by atoms with Crippen molar-refractivity contribution < 1.29 is 4.79 Å². The summed E-state index contributed by atoms with van der Waals surface area (Å²) in [4.78, 5) is 38.5. The minimum atomic E-state index is -0.499. The number of aromatic nitrogens is 3. The van der Waals surface area contributed by atoms with Crippen LogP contribution in [0.25, 0.3) is 21.8 Å². The first kappa shape index (κ1) is 18.7. The summed E-state index contributed by atoms with van der Waals surface area (Å²) in [7, 11) is 0. The number of carbonyl (C=O) groups is 1. The molecule has 1 amide bonds. The fourth-order valence-electron chi connectivity index (χ4n) is 3.58. The zero-order valence-corrected chi connectivity index (χ0v) is 15.9. The van der Waals surface area contributed by atoms with Gasteiger partial charge in [0.2, 0.25) is 5.91 Å². The van der Waals surface area contributed by atoms with Gasteiger partial charge in [-0.2, -0.15) is 0 Å². The van der Waals surface area contributed by atoms with E-state index in [4.69, 9.17) is 0 Å². The predicted octanol–water partition coefficient (Wildman–Crippen LogP) is 2.24. The Morgan fingerprint density at radius 3 is 2.55 bits per heavy atom. The molecule has 4 aromatic rings. The van der Waals surface area contributed by atoms with E-state index in [1.54, 1.807) is 24.3 Å². The number of aromatic amines is 1. The normalized spacial score (nSPS) is 11.2. The number of H-pyrrole nitrogens is 1. The third kappa shape index (κ3) is 3.99. The van der Waals surface area contributed by atoms with Crippen LogP contribution in [0.3, 0.4) is 0 Å². The average molecular weight is 390 g/mol. The highest BCUT2D eigenvalue weighted by molar-refractivity contribution is 5.80. The fraction of sp³-hybridized carbons (Fsp3) is 0.227. The van der Waals surface area contributed by atoms with Crippen molar-refractivity contribution in [2.24, 2.45) is 0 Å². The first-order valence-corrected chi connectivity index (χ1v) is 9.66. The Morgan fingerprint density at radius 1 is 0.931 bits per heavy atom. The number of benzene rings is 2. The highest BCUT2D eigenvalue weighted by atomic mass is 16.2. The van der Waals surface area contributed by atoms with Gasteiger partial charge in [-0.05, 0) is 36.1 Å². The van der Waals surface area contributed by atoms with Crippen LogP contribution in [0.2, 0.25) is 0 Å². The average Bonchev–Trinajstić information content (AvgIpc) is 3.14. The van der Waals surface area contributed by atoms with E-state index in [-0.39, 0.29) is 18.9 Å². The molecule has 0 unspecified atom stereocenters. The summed E-state index contributed by atoms with van der Waals surface area (Å²) in [5, 5.41) is 4.54. The summed E-state index contributed by atoms with van der Waals surface area (Å²) in [6.45, 7) is 1.59. The van der Waals surface area contributed by atoms with Crippen molar-refractivity contribution in [2.45, 2.75) is 25.9 Å². The summed E-state index contributed by atoms with van der Waals surface area (Å²) < 4.78 is 3.61. The van der Waals surface area contributed by atoms with E-state index in [1.165, 1.54) is 15.5 Å². The number of amides is 1. The Hall–Kier alpha value is -3.61. The zero-order valence-electron chi connectivity index (χ0n) is 15.9. The van der Waals surface area contributed by atoms with E-state index in [0.29, 0.717) is 17.4 Å². The van der Waals surface area contributed by atoms with Crippen LogP contribution in [-0.2, 0) is 17.9 Å². The second kappa shape index (κ2) is 8.18. The number of hydrogen-bond donors (Lipinski definition) is 2. The Balaban J connectivity index is 1.31. The molecule has 0 saturated heterocycles. The number of hydrogen-bond acceptors (Lipinski definition) is 3. The molecule has 0 aliphatic carbocycles. The molecule has 0 saturated carbocycles. The van der Waals surface area contributed by atoms with Crippen molar-refractivity contribution in [3.05, 3.63) is 81.6 Å². The highest BCUT2D eigenvalue weighted by Gasteiger charge is 2.09. The lowest BCUT2D eigenvalue weighted by Gasteiger charge is -2.10. The molecule has 0 spiro atoms. The van der Waals surface area contributed by atoms with Crippen molar-refractivity contribution in [3.8, 4) is 0 Å². The molecule has 7 heteroatoms. The van der Waals surface area contributed by atoms with E-state index < -0.39 is 11.2 Å². The molecular weight excluding hydrogens is 368 g/mol. The molecule has 0 bridgehead atoms. The highest BCUT2D eigenvalue weighted by Crippen LogP contribution is 2.15. The largest absolute Gasteiger partial charge is 0.356 e. The van der Waals surface area contributed by atoms with Crippen molar-refractivity contribution >= 4 is 27.7 Å². The van der Waals surface area contributed by atoms with Crippen LogP contribution in [-0.4, -0.2) is 26.6 Å². The summed E-state index contributed by atoms with van der Waals surface area (Å²) >= 11 is 0. The molecular formula is C22H22N4O3. The molecule has 2 heterocycles. The van der Waals surface area contributed by atoms with Crippen molar-refractivity contribution in [1.82, 2.24) is 19.4 Å². The summed E-state index contributed by atoms with van der Waals surface area (Å²) in [5.41, 5.74) is 0.807. The maximum atomic E-state index is 12.2. The molecule has 29 heavy (non-hydrogen) atoms. The first-order valence-electron chi connectivity index (χ1n) is 9.66. The van der Waals surface area contributed by atoms with Crippen LogP contribution in [0.5, 0.6) is 0 Å². The molecule has 0 radical (unpaired) electrons. The molecule has 0 fully saturated rings. The van der Waals surface area contributed by atoms with Gasteiger partial charge in [-0.3, -0.25) is 19.1 Å². The Morgan fingerprint density at radius 2 is 1.69 bits per heavy atom. The lowest BCUT2D eigenvalue weighted by atomic mass is 10.2. The van der Waals surface area contributed by atoms with Crippen LogP contribution < -0.4 is 16.6 Å². The van der Waals surface area contributed by atoms with Gasteiger partial charge in [-0.15, -0.1) is 0 Å². The number of nitrogens with one attached hydrogen (secondary N) is 2. The molecule has 2 N–H and O–H groups in total. The zero-order chi connectivity index (χ0) is 20.2. The second-order valence-corrected chi connectivity index (χ2v) is 6.95. The van der Waals surface area contributed by atoms with Crippen LogP contribution >= 0.6 is 0 Å². The third-order valence-corrected chi connectivity index (χ3v) is 5.05. The lowest BCUT2D eigenvalue weighted by Crippen LogP contribution is -2.32. The number of aryl methyl sites for hydroxylation is 2. The standard InChI is InChI=1S/C22H22N4O3/c27-20(23-12-5-13-25-14-10-16-6-1-3-8-18(16)25)11-15-26-19-9-4-2-7-17(19)21(28)24-22(26)29/h1-4,6-10,14H,5,11-13,15H2,(H,23,27)(H,24,28,29). The monoisotopic (exact) mass is 390 g/mol. The Bertz CT molecular complexity index is 1280. The lowest BCUT2D eigenvalue weighted by molar-refractivity contribution is -0.121. The molecule has 2 aromatic carbocycles. The van der Waals surface area contributed by atoms with Gasteiger partial charge >= 0.3 is 5.69 Å². The topological polar surface area (TPSA) is 88.9 Å². The third-order valence-electron chi connectivity index (χ3n) is 5.05. The first-order chi connectivity index (χ1) is 14.1. The van der Waals surface area contributed by atoms with Crippen LogP contribution in [0.1, 0.15) is 12.8 Å². The SMILES string of the molecule is O=C(CCn1c(=O)[nH]c(=O)c2ccccc21)NCCCn1ccc2ccccc21. The molecule has 2 aromatic heterocycles. The van der Waals surface area contributed by atoms with E-state index in [2.05, 4.69) is 39.3 Å². The fourth-order valence-corrected chi connectivity index (χ4v) is 3.58. The molecule has 0 atom stereocenters. The van der Waals surface area contributed by atoms with Gasteiger partial charge in [0.05, 0.1) is 10.9 Å². The van der Waals surface area contributed by atoms with Gasteiger partial charge in [0.1, 0.15) is 0 Å². The maximum Gasteiger partial charge on any atom is 0.328 e. The van der Waals surface area contributed by atoms with Crippen LogP contribution in [0.4, 0.5) is 0 Å². The quantitative estimate of drug-likeness (QED) is 0.474. The van der Waals surface area contributed by atoms with Gasteiger partial charge in [-0.1, -0.05) is 30.3 Å². The minimum Gasteiger partial charge on any atom is -0.356 e. The van der Waals surface area contributed by atoms with E-state index >= 15 is 0 Å². The van der Waals surface area contributed by atoms with Crippen molar-refractivity contribution in [2.75, 3.05) is 6.54 Å². The molecule has 148 valence electrons. The van der Waals surface area contributed by atoms with E-state index in [1.807, 2.05) is 12.1 Å². The van der Waals surface area contributed by atoms with E-state index in [9.17, 15) is 14.4 Å². The van der Waals surface area contributed by atoms with Gasteiger partial charge < -0.3 is 9.88 Å². The second-order valence-electron chi connectivity index (χ2n) is 6.95. The Kier molecular flexibility index (Phi) is 5.29. The number of para-hydroxylation sites is 2. The molecule has 0 aliphatic rings. The van der Waals surface area contributed by atoms with Gasteiger partial charge in [-0.25, -0.2) is 4.79 Å². The molecule has 0 aliphatic heterocycles. The predicted molar refractivity (Wildman–Crippen MR) is 113 cm³/mol. The number of carbonyl (C=O) groups excluding carboxylic acids is 1. The van der Waals surface area contributed by atoms with Crippen molar-refractivity contribution in [3.63, 3.8) is 0 Å². The molecule has 4 rings (SSSR count). The van der Waals surface area contributed by atoms with Gasteiger partial charge in [0, 0.05) is 37.8 Å². The maximum absolute atomic E-state index is 12.2. The van der Waals surface area contributed by atoms with Crippen LogP contribution in [0, 0.1) is 0 Å². The minimum absolute atomic E-state index is 0.121. The van der Waals surface area contributed by atoms with Crippen molar-refractivity contribution in [1.29, 1.82) is 0 Å². The Labute approximate surface area is 166 Å². The van der Waals surface area contributed by atoms with Gasteiger partial charge in [0.25, 0.3) is 5.56 Å². The summed E-state index contributed by atoms with van der Waals surface area (Å²) in [6, 6.07) is 17.2. The number of rotatable bonds is 7. The van der Waals surface area contributed by atoms with Crippen LogP contribution in [0.15, 0.2) is 70.4 Å². The van der Waals surface area contributed by atoms with E-state index in [0.717, 1.165) is 13.0 Å². The summed E-state index contributed by atoms with van der Waals surface area (Å²) in [5.74, 6) is -0.121. The van der Waals surface area contributed by atoms with Gasteiger partial charge in [0.15, 0.2) is 0 Å². The summed E-state index contributed by atoms with van der Waals surface area (Å²) in [6.07, 6.45) is 3.04. The molecule has 7 nitrogen and oxygen atoms in total. The smallest absolute Gasteiger partial charge is 0.328 e.